The summed E-state index contributed by atoms with van der Waals surface area (Å²) in [4.78, 5) is 28.9. The Morgan fingerprint density at radius 1 is 1.08 bits per heavy atom. The molecule has 1 aromatic carbocycles. The molecule has 1 unspecified atom stereocenters. The molecule has 1 aliphatic heterocycles. The molecule has 1 fully saturated rings. The monoisotopic (exact) mass is 363 g/mol. The first kappa shape index (κ1) is 20.2. The molecule has 0 bridgehead atoms. The van der Waals surface area contributed by atoms with Crippen LogP contribution >= 0.6 is 0 Å². The van der Waals surface area contributed by atoms with Gasteiger partial charge in [-0.3, -0.25) is 14.4 Å². The number of unbranched alkanes of at least 4 members (excludes halogenated alkanes) is 3. The lowest BCUT2D eigenvalue weighted by atomic mass is 10.1. The molecule has 26 heavy (non-hydrogen) atoms. The van der Waals surface area contributed by atoms with Crippen LogP contribution in [0.5, 0.6) is 0 Å². The fraction of sp³-hybridized carbons (Fsp3) is 0.579. The van der Waals surface area contributed by atoms with Gasteiger partial charge in [0, 0.05) is 30.8 Å². The highest BCUT2D eigenvalue weighted by Gasteiger charge is 2.15. The molecule has 1 atom stereocenters. The number of nitrogens with two attached hydrogens (primary N) is 1. The molecule has 1 saturated heterocycles. The molecule has 1 heterocycles. The first-order chi connectivity index (χ1) is 12.6. The van der Waals surface area contributed by atoms with Crippen LogP contribution in [-0.2, 0) is 19.2 Å². The Labute approximate surface area is 154 Å². The Kier molecular flexibility index (Phi) is 8.92. The van der Waals surface area contributed by atoms with Crippen LogP contribution in [0.4, 0.5) is 11.4 Å². The van der Waals surface area contributed by atoms with E-state index >= 15 is 0 Å². The van der Waals surface area contributed by atoms with Gasteiger partial charge in [-0.1, -0.05) is 12.8 Å². The van der Waals surface area contributed by atoms with Crippen LogP contribution in [0.2, 0.25) is 0 Å². The second-order valence-corrected chi connectivity index (χ2v) is 6.57. The highest BCUT2D eigenvalue weighted by molar-refractivity contribution is 5.90. The third-order valence-electron chi connectivity index (χ3n) is 4.21. The number of hydroxylamine groups is 1. The molecule has 0 spiro atoms. The summed E-state index contributed by atoms with van der Waals surface area (Å²) in [5, 5.41) is 2.84. The van der Waals surface area contributed by atoms with Gasteiger partial charge in [-0.15, -0.1) is 0 Å². The third kappa shape index (κ3) is 8.31. The van der Waals surface area contributed by atoms with E-state index in [9.17, 15) is 9.59 Å². The lowest BCUT2D eigenvalue weighted by molar-refractivity contribution is -0.146. The van der Waals surface area contributed by atoms with Crippen LogP contribution in [0.15, 0.2) is 24.3 Å². The number of hydrogen-bond acceptors (Lipinski definition) is 5. The van der Waals surface area contributed by atoms with E-state index in [1.807, 2.05) is 0 Å². The number of rotatable bonds is 10. The summed E-state index contributed by atoms with van der Waals surface area (Å²) in [5.41, 5.74) is 9.53. The molecule has 0 aliphatic carbocycles. The minimum atomic E-state index is -0.100. The van der Waals surface area contributed by atoms with Crippen LogP contribution in [0.3, 0.4) is 0 Å². The molecule has 0 saturated carbocycles. The number of carbonyl (C=O) groups is 2. The normalized spacial score (nSPS) is 16.8. The summed E-state index contributed by atoms with van der Waals surface area (Å²) < 4.78 is 5.29. The Hall–Kier alpha value is -2.12. The van der Waals surface area contributed by atoms with Gasteiger partial charge < -0.3 is 15.8 Å². The van der Waals surface area contributed by atoms with Gasteiger partial charge >= 0.3 is 0 Å². The number of amides is 2. The highest BCUT2D eigenvalue weighted by atomic mass is 16.7. The van der Waals surface area contributed by atoms with Crippen molar-refractivity contribution in [2.45, 2.75) is 57.5 Å². The number of hydrogen-bond donors (Lipinski definition) is 3. The summed E-state index contributed by atoms with van der Waals surface area (Å²) in [5.74, 6) is -0.104. The third-order valence-corrected chi connectivity index (χ3v) is 4.21. The first-order valence-corrected chi connectivity index (χ1v) is 9.31. The number of carbonyl (C=O) groups excluding carboxylic acids is 2. The van der Waals surface area contributed by atoms with Crippen molar-refractivity contribution in [1.82, 2.24) is 5.48 Å². The first-order valence-electron chi connectivity index (χ1n) is 9.31. The molecular formula is C19H29N3O4. The lowest BCUT2D eigenvalue weighted by Gasteiger charge is -2.21. The SMILES string of the molecule is Nc1ccc(NC(=O)CCCCCCC(=O)NOC2CCCOC2)cc1. The molecule has 2 amide bonds. The van der Waals surface area contributed by atoms with E-state index < -0.39 is 0 Å². The fourth-order valence-electron chi connectivity index (χ4n) is 2.72. The smallest absolute Gasteiger partial charge is 0.243 e. The molecular weight excluding hydrogens is 334 g/mol. The van der Waals surface area contributed by atoms with E-state index in [4.69, 9.17) is 15.3 Å². The summed E-state index contributed by atoms with van der Waals surface area (Å²) >= 11 is 0. The van der Waals surface area contributed by atoms with Gasteiger partial charge in [-0.25, -0.2) is 5.48 Å². The Balaban J connectivity index is 1.45. The second-order valence-electron chi connectivity index (χ2n) is 6.57. The van der Waals surface area contributed by atoms with Gasteiger partial charge in [-0.05, 0) is 49.9 Å². The maximum absolute atomic E-state index is 11.8. The van der Waals surface area contributed by atoms with E-state index in [1.165, 1.54) is 0 Å². The van der Waals surface area contributed by atoms with Crippen molar-refractivity contribution in [2.24, 2.45) is 0 Å². The molecule has 4 N–H and O–H groups in total. The summed E-state index contributed by atoms with van der Waals surface area (Å²) in [6.45, 7) is 1.31. The van der Waals surface area contributed by atoms with Gasteiger partial charge in [0.2, 0.25) is 11.8 Å². The highest BCUT2D eigenvalue weighted by Crippen LogP contribution is 2.12. The Morgan fingerprint density at radius 3 is 2.42 bits per heavy atom. The number of benzene rings is 1. The number of ether oxygens (including phenoxy) is 1. The van der Waals surface area contributed by atoms with Crippen molar-refractivity contribution in [1.29, 1.82) is 0 Å². The second kappa shape index (κ2) is 11.5. The van der Waals surface area contributed by atoms with Crippen LogP contribution in [0.25, 0.3) is 0 Å². The zero-order valence-corrected chi connectivity index (χ0v) is 15.2. The summed E-state index contributed by atoms with van der Waals surface area (Å²) in [7, 11) is 0. The van der Waals surface area contributed by atoms with Crippen molar-refractivity contribution >= 4 is 23.2 Å². The van der Waals surface area contributed by atoms with E-state index in [0.717, 1.165) is 50.8 Å². The average Bonchev–Trinajstić information content (AvgIpc) is 2.65. The minimum Gasteiger partial charge on any atom is -0.399 e. The van der Waals surface area contributed by atoms with E-state index in [2.05, 4.69) is 10.8 Å². The van der Waals surface area contributed by atoms with Crippen LogP contribution < -0.4 is 16.5 Å². The molecule has 0 radical (unpaired) electrons. The van der Waals surface area contributed by atoms with Crippen LogP contribution in [0, 0.1) is 0 Å². The summed E-state index contributed by atoms with van der Waals surface area (Å²) in [6.07, 6.45) is 6.17. The molecule has 7 nitrogen and oxygen atoms in total. The molecule has 2 rings (SSSR count). The quantitative estimate of drug-likeness (QED) is 0.337. The van der Waals surface area contributed by atoms with Crippen molar-refractivity contribution in [3.05, 3.63) is 24.3 Å². The van der Waals surface area contributed by atoms with Gasteiger partial charge in [0.15, 0.2) is 0 Å². The van der Waals surface area contributed by atoms with Crippen LogP contribution in [0.1, 0.15) is 51.4 Å². The predicted molar refractivity (Wildman–Crippen MR) is 100 cm³/mol. The van der Waals surface area contributed by atoms with Gasteiger partial charge in [0.25, 0.3) is 0 Å². The number of nitrogens with one attached hydrogen (secondary N) is 2. The lowest BCUT2D eigenvalue weighted by Crippen LogP contribution is -2.34. The topological polar surface area (TPSA) is 103 Å². The molecule has 1 aromatic rings. The minimum absolute atomic E-state index is 0.00406. The predicted octanol–water partition coefficient (Wildman–Crippen LogP) is 2.77. The van der Waals surface area contributed by atoms with Crippen molar-refractivity contribution in [3.8, 4) is 0 Å². The van der Waals surface area contributed by atoms with Crippen molar-refractivity contribution < 1.29 is 19.2 Å². The number of nitrogen functional groups attached to an aromatic ring is 1. The van der Waals surface area contributed by atoms with Crippen LogP contribution in [-0.4, -0.2) is 31.1 Å². The van der Waals surface area contributed by atoms with E-state index in [1.54, 1.807) is 24.3 Å². The Morgan fingerprint density at radius 2 is 1.77 bits per heavy atom. The summed E-state index contributed by atoms with van der Waals surface area (Å²) in [6, 6.07) is 7.08. The Bertz CT molecular complexity index is 556. The van der Waals surface area contributed by atoms with E-state index in [-0.39, 0.29) is 17.9 Å². The fourth-order valence-corrected chi connectivity index (χ4v) is 2.72. The standard InChI is InChI=1S/C19H29N3O4/c20-15-9-11-16(12-10-15)21-18(23)7-3-1-2-4-8-19(24)22-26-17-6-5-13-25-14-17/h9-12,17H,1-8,13-14,20H2,(H,21,23)(H,22,24). The molecule has 7 heteroatoms. The van der Waals surface area contributed by atoms with Gasteiger partial charge in [0.1, 0.15) is 6.10 Å². The maximum atomic E-state index is 11.8. The van der Waals surface area contributed by atoms with Gasteiger partial charge in [0.05, 0.1) is 6.61 Å². The molecule has 0 aromatic heterocycles. The average molecular weight is 363 g/mol. The largest absolute Gasteiger partial charge is 0.399 e. The molecule has 1 aliphatic rings. The van der Waals surface area contributed by atoms with Crippen molar-refractivity contribution in [2.75, 3.05) is 24.3 Å². The zero-order chi connectivity index (χ0) is 18.6. The number of anilines is 2. The zero-order valence-electron chi connectivity index (χ0n) is 15.2. The van der Waals surface area contributed by atoms with E-state index in [0.29, 0.717) is 25.1 Å². The van der Waals surface area contributed by atoms with Crippen molar-refractivity contribution in [3.63, 3.8) is 0 Å². The van der Waals surface area contributed by atoms with Gasteiger partial charge in [-0.2, -0.15) is 0 Å². The maximum Gasteiger partial charge on any atom is 0.243 e. The molecule has 144 valence electrons.